The minimum Gasteiger partial charge on any atom is -0.348 e. The number of nitrogens with one attached hydrogen (secondary N) is 1. The quantitative estimate of drug-likeness (QED) is 0.709. The molecule has 0 amide bonds. The second kappa shape index (κ2) is 3.50. The molecular formula is C10H17N3. The second-order valence-corrected chi connectivity index (χ2v) is 3.99. The summed E-state index contributed by atoms with van der Waals surface area (Å²) in [6.45, 7) is 4.52. The van der Waals surface area contributed by atoms with Crippen molar-refractivity contribution < 1.29 is 0 Å². The number of aromatic amines is 1. The lowest BCUT2D eigenvalue weighted by Crippen LogP contribution is -2.29. The number of hydrogen-bond donors (Lipinski definition) is 1. The molecule has 1 fully saturated rings. The van der Waals surface area contributed by atoms with E-state index < -0.39 is 0 Å². The van der Waals surface area contributed by atoms with Crippen molar-refractivity contribution in [2.45, 2.75) is 25.7 Å². The molecule has 1 aliphatic rings. The van der Waals surface area contributed by atoms with Crippen LogP contribution in [0.25, 0.3) is 0 Å². The summed E-state index contributed by atoms with van der Waals surface area (Å²) in [7, 11) is 2.19. The van der Waals surface area contributed by atoms with Crippen molar-refractivity contribution in [3.05, 3.63) is 17.7 Å². The van der Waals surface area contributed by atoms with Gasteiger partial charge in [0.2, 0.25) is 0 Å². The predicted octanol–water partition coefficient (Wildman–Crippen LogP) is 1.53. The van der Waals surface area contributed by atoms with Gasteiger partial charge in [0.05, 0.1) is 12.0 Å². The lowest BCUT2D eigenvalue weighted by molar-refractivity contribution is 0.253. The van der Waals surface area contributed by atoms with E-state index in [0.29, 0.717) is 5.92 Å². The summed E-state index contributed by atoms with van der Waals surface area (Å²) in [4.78, 5) is 9.93. The molecule has 0 saturated carbocycles. The van der Waals surface area contributed by atoms with Crippen LogP contribution in [0, 0.1) is 6.92 Å². The van der Waals surface area contributed by atoms with Gasteiger partial charge in [-0.3, -0.25) is 0 Å². The molecule has 3 nitrogen and oxygen atoms in total. The molecule has 0 atom stereocenters. The van der Waals surface area contributed by atoms with Crippen LogP contribution in [-0.2, 0) is 0 Å². The van der Waals surface area contributed by atoms with E-state index in [4.69, 9.17) is 0 Å². The molecule has 0 unspecified atom stereocenters. The van der Waals surface area contributed by atoms with Crippen LogP contribution in [0.2, 0.25) is 0 Å². The van der Waals surface area contributed by atoms with Gasteiger partial charge >= 0.3 is 0 Å². The van der Waals surface area contributed by atoms with Crippen molar-refractivity contribution in [2.75, 3.05) is 20.1 Å². The smallest absolute Gasteiger partial charge is 0.0925 e. The maximum absolute atomic E-state index is 4.39. The highest BCUT2D eigenvalue weighted by Gasteiger charge is 2.21. The molecule has 1 aliphatic heterocycles. The van der Waals surface area contributed by atoms with E-state index in [1.165, 1.54) is 37.3 Å². The van der Waals surface area contributed by atoms with E-state index in [1.807, 2.05) is 6.33 Å². The third-order valence-corrected chi connectivity index (χ3v) is 2.97. The Morgan fingerprint density at radius 2 is 2.15 bits per heavy atom. The van der Waals surface area contributed by atoms with Crippen molar-refractivity contribution in [3.8, 4) is 0 Å². The molecular weight excluding hydrogens is 162 g/mol. The van der Waals surface area contributed by atoms with Crippen molar-refractivity contribution in [1.29, 1.82) is 0 Å². The van der Waals surface area contributed by atoms with E-state index in [0.717, 1.165) is 0 Å². The van der Waals surface area contributed by atoms with Crippen molar-refractivity contribution in [3.63, 3.8) is 0 Å². The number of aromatic nitrogens is 2. The van der Waals surface area contributed by atoms with Gasteiger partial charge in [-0.15, -0.1) is 0 Å². The SMILES string of the molecule is Cc1[nH]cnc1C1CCN(C)CC1. The normalized spacial score (nSPS) is 20.8. The van der Waals surface area contributed by atoms with Crippen LogP contribution in [0.4, 0.5) is 0 Å². The van der Waals surface area contributed by atoms with E-state index in [2.05, 4.69) is 28.8 Å². The Kier molecular flexibility index (Phi) is 2.36. The van der Waals surface area contributed by atoms with Gasteiger partial charge in [0.1, 0.15) is 0 Å². The topological polar surface area (TPSA) is 31.9 Å². The number of imidazole rings is 1. The van der Waals surface area contributed by atoms with E-state index in [9.17, 15) is 0 Å². The summed E-state index contributed by atoms with van der Waals surface area (Å²) in [5.74, 6) is 0.683. The first-order valence-electron chi connectivity index (χ1n) is 4.96. The number of nitrogens with zero attached hydrogens (tertiary/aromatic N) is 2. The maximum Gasteiger partial charge on any atom is 0.0925 e. The van der Waals surface area contributed by atoms with Crippen LogP contribution >= 0.6 is 0 Å². The Labute approximate surface area is 79.2 Å². The Bertz CT molecular complexity index is 271. The number of hydrogen-bond acceptors (Lipinski definition) is 2. The molecule has 3 heteroatoms. The summed E-state index contributed by atoms with van der Waals surface area (Å²) < 4.78 is 0. The average Bonchev–Trinajstić information content (AvgIpc) is 2.53. The lowest BCUT2D eigenvalue weighted by Gasteiger charge is -2.28. The zero-order valence-electron chi connectivity index (χ0n) is 8.38. The Morgan fingerprint density at radius 3 is 2.69 bits per heavy atom. The van der Waals surface area contributed by atoms with Gasteiger partial charge in [-0.05, 0) is 39.9 Å². The molecule has 0 radical (unpaired) electrons. The van der Waals surface area contributed by atoms with E-state index >= 15 is 0 Å². The van der Waals surface area contributed by atoms with Gasteiger partial charge < -0.3 is 9.88 Å². The molecule has 0 aromatic carbocycles. The Hall–Kier alpha value is -0.830. The van der Waals surface area contributed by atoms with Gasteiger partial charge in [0, 0.05) is 11.6 Å². The Morgan fingerprint density at radius 1 is 1.46 bits per heavy atom. The third-order valence-electron chi connectivity index (χ3n) is 2.97. The van der Waals surface area contributed by atoms with E-state index in [1.54, 1.807) is 0 Å². The summed E-state index contributed by atoms with van der Waals surface area (Å²) in [5.41, 5.74) is 2.53. The molecule has 1 saturated heterocycles. The van der Waals surface area contributed by atoms with Crippen LogP contribution < -0.4 is 0 Å². The number of rotatable bonds is 1. The van der Waals surface area contributed by atoms with Crippen molar-refractivity contribution in [2.24, 2.45) is 0 Å². The minimum absolute atomic E-state index is 0.683. The molecule has 0 spiro atoms. The zero-order chi connectivity index (χ0) is 9.26. The van der Waals surface area contributed by atoms with Gasteiger partial charge in [0.15, 0.2) is 0 Å². The second-order valence-electron chi connectivity index (χ2n) is 3.99. The number of H-pyrrole nitrogens is 1. The fraction of sp³-hybridized carbons (Fsp3) is 0.700. The Balaban J connectivity index is 2.06. The monoisotopic (exact) mass is 179 g/mol. The van der Waals surface area contributed by atoms with Gasteiger partial charge in [-0.2, -0.15) is 0 Å². The lowest BCUT2D eigenvalue weighted by atomic mass is 9.93. The number of piperidine rings is 1. The molecule has 2 rings (SSSR count). The highest BCUT2D eigenvalue weighted by Crippen LogP contribution is 2.27. The first-order valence-corrected chi connectivity index (χ1v) is 4.96. The highest BCUT2D eigenvalue weighted by molar-refractivity contribution is 5.15. The molecule has 1 N–H and O–H groups in total. The minimum atomic E-state index is 0.683. The van der Waals surface area contributed by atoms with Crippen LogP contribution in [0.3, 0.4) is 0 Å². The number of likely N-dealkylation sites (tertiary alicyclic amines) is 1. The van der Waals surface area contributed by atoms with Crippen molar-refractivity contribution >= 4 is 0 Å². The molecule has 1 aromatic rings. The fourth-order valence-electron chi connectivity index (χ4n) is 2.06. The van der Waals surface area contributed by atoms with Crippen LogP contribution in [0.15, 0.2) is 6.33 Å². The van der Waals surface area contributed by atoms with Crippen LogP contribution in [0.5, 0.6) is 0 Å². The standard InChI is InChI=1S/C10H17N3/c1-8-10(12-7-11-8)9-3-5-13(2)6-4-9/h7,9H,3-6H2,1-2H3,(H,11,12). The average molecular weight is 179 g/mol. The van der Waals surface area contributed by atoms with Crippen molar-refractivity contribution in [1.82, 2.24) is 14.9 Å². The zero-order valence-corrected chi connectivity index (χ0v) is 8.38. The molecule has 1 aromatic heterocycles. The van der Waals surface area contributed by atoms with E-state index in [-0.39, 0.29) is 0 Å². The van der Waals surface area contributed by atoms with Gasteiger partial charge in [0.25, 0.3) is 0 Å². The first-order chi connectivity index (χ1) is 6.27. The molecule has 2 heterocycles. The summed E-state index contributed by atoms with van der Waals surface area (Å²) in [5, 5.41) is 0. The molecule has 72 valence electrons. The molecule has 0 bridgehead atoms. The van der Waals surface area contributed by atoms with Gasteiger partial charge in [-0.25, -0.2) is 4.98 Å². The summed E-state index contributed by atoms with van der Waals surface area (Å²) in [6.07, 6.45) is 4.31. The number of aryl methyl sites for hydroxylation is 1. The summed E-state index contributed by atoms with van der Waals surface area (Å²) in [6, 6.07) is 0. The highest BCUT2D eigenvalue weighted by atomic mass is 15.1. The fourth-order valence-corrected chi connectivity index (χ4v) is 2.06. The predicted molar refractivity (Wildman–Crippen MR) is 52.8 cm³/mol. The maximum atomic E-state index is 4.39. The van der Waals surface area contributed by atoms with Gasteiger partial charge in [-0.1, -0.05) is 0 Å². The first kappa shape index (κ1) is 8.75. The third kappa shape index (κ3) is 1.75. The largest absolute Gasteiger partial charge is 0.348 e. The van der Waals surface area contributed by atoms with Crippen LogP contribution in [0.1, 0.15) is 30.1 Å². The molecule has 13 heavy (non-hydrogen) atoms. The summed E-state index contributed by atoms with van der Waals surface area (Å²) >= 11 is 0. The molecule has 0 aliphatic carbocycles. The van der Waals surface area contributed by atoms with Crippen LogP contribution in [-0.4, -0.2) is 35.0 Å².